The Kier molecular flexibility index (Phi) is 6.71. The molecule has 0 spiro atoms. The number of amides is 1. The molecule has 1 aromatic rings. The van der Waals surface area contributed by atoms with E-state index < -0.39 is 0 Å². The van der Waals surface area contributed by atoms with Gasteiger partial charge in [-0.2, -0.15) is 0 Å². The third-order valence-electron chi connectivity index (χ3n) is 3.09. The molecule has 0 aliphatic rings. The van der Waals surface area contributed by atoms with Gasteiger partial charge in [0.2, 0.25) is 5.91 Å². The standard InChI is InChI=1S/C15H28N4O/c1-11(2)6-16-8-14-9-17-10-19(14)13(5)15(20)18-7-12(3)4/h9-13,16H,6-8H2,1-5H3,(H,18,20). The van der Waals surface area contributed by atoms with Crippen LogP contribution < -0.4 is 10.6 Å². The second kappa shape index (κ2) is 8.04. The third-order valence-corrected chi connectivity index (χ3v) is 3.09. The van der Waals surface area contributed by atoms with Crippen LogP contribution in [0.1, 0.15) is 46.4 Å². The van der Waals surface area contributed by atoms with Crippen molar-refractivity contribution >= 4 is 5.91 Å². The lowest BCUT2D eigenvalue weighted by Crippen LogP contribution is -2.34. The van der Waals surface area contributed by atoms with Crippen LogP contribution in [-0.4, -0.2) is 28.5 Å². The number of aromatic nitrogens is 2. The Morgan fingerprint density at radius 3 is 2.45 bits per heavy atom. The van der Waals surface area contributed by atoms with Crippen LogP contribution in [0.4, 0.5) is 0 Å². The van der Waals surface area contributed by atoms with E-state index in [2.05, 4.69) is 43.3 Å². The molecule has 0 aromatic carbocycles. The Morgan fingerprint density at radius 1 is 1.20 bits per heavy atom. The number of carbonyl (C=O) groups is 1. The van der Waals surface area contributed by atoms with Crippen molar-refractivity contribution in [2.45, 2.75) is 47.2 Å². The van der Waals surface area contributed by atoms with Gasteiger partial charge >= 0.3 is 0 Å². The molecule has 0 fully saturated rings. The molecular weight excluding hydrogens is 252 g/mol. The molecule has 1 aromatic heterocycles. The first-order chi connectivity index (χ1) is 9.41. The van der Waals surface area contributed by atoms with Gasteiger partial charge < -0.3 is 15.2 Å². The largest absolute Gasteiger partial charge is 0.354 e. The van der Waals surface area contributed by atoms with Crippen molar-refractivity contribution in [1.29, 1.82) is 0 Å². The second-order valence-corrected chi connectivity index (χ2v) is 6.13. The van der Waals surface area contributed by atoms with Crippen LogP contribution in [0.5, 0.6) is 0 Å². The molecule has 1 rings (SSSR count). The lowest BCUT2D eigenvalue weighted by atomic mass is 10.2. The van der Waals surface area contributed by atoms with Gasteiger partial charge in [-0.05, 0) is 25.3 Å². The summed E-state index contributed by atoms with van der Waals surface area (Å²) in [5.41, 5.74) is 1.04. The maximum absolute atomic E-state index is 12.1. The summed E-state index contributed by atoms with van der Waals surface area (Å²) in [6.45, 7) is 12.8. The van der Waals surface area contributed by atoms with E-state index in [-0.39, 0.29) is 11.9 Å². The molecule has 1 unspecified atom stereocenters. The topological polar surface area (TPSA) is 59.0 Å². The van der Waals surface area contributed by atoms with Gasteiger partial charge in [-0.15, -0.1) is 0 Å². The number of carbonyl (C=O) groups excluding carboxylic acids is 1. The SMILES string of the molecule is CC(C)CNCc1cncn1C(C)C(=O)NCC(C)C. The molecule has 1 heterocycles. The molecule has 2 N–H and O–H groups in total. The highest BCUT2D eigenvalue weighted by molar-refractivity contribution is 5.79. The Morgan fingerprint density at radius 2 is 1.85 bits per heavy atom. The van der Waals surface area contributed by atoms with Crippen LogP contribution in [0.2, 0.25) is 0 Å². The van der Waals surface area contributed by atoms with Gasteiger partial charge in [0.25, 0.3) is 0 Å². The number of nitrogens with zero attached hydrogens (tertiary/aromatic N) is 2. The predicted octanol–water partition coefficient (Wildman–Crippen LogP) is 1.96. The smallest absolute Gasteiger partial charge is 0.242 e. The molecule has 114 valence electrons. The normalized spacial score (nSPS) is 12.9. The molecule has 0 radical (unpaired) electrons. The Hall–Kier alpha value is -1.36. The molecule has 0 saturated heterocycles. The minimum absolute atomic E-state index is 0.0433. The summed E-state index contributed by atoms with van der Waals surface area (Å²) in [5.74, 6) is 1.11. The fourth-order valence-electron chi connectivity index (χ4n) is 1.89. The highest BCUT2D eigenvalue weighted by atomic mass is 16.2. The van der Waals surface area contributed by atoms with E-state index in [1.165, 1.54) is 0 Å². The average Bonchev–Trinajstić information content (AvgIpc) is 2.82. The summed E-state index contributed by atoms with van der Waals surface area (Å²) >= 11 is 0. The van der Waals surface area contributed by atoms with Crippen LogP contribution in [0.25, 0.3) is 0 Å². The fraction of sp³-hybridized carbons (Fsp3) is 0.733. The molecule has 1 amide bonds. The Balaban J connectivity index is 2.57. The third kappa shape index (κ3) is 5.33. The van der Waals surface area contributed by atoms with Crippen molar-refractivity contribution in [2.75, 3.05) is 13.1 Å². The van der Waals surface area contributed by atoms with Crippen molar-refractivity contribution in [3.05, 3.63) is 18.2 Å². The molecular formula is C15H28N4O. The molecule has 5 nitrogen and oxygen atoms in total. The number of imidazole rings is 1. The van der Waals surface area contributed by atoms with Gasteiger partial charge in [0, 0.05) is 19.3 Å². The fourth-order valence-corrected chi connectivity index (χ4v) is 1.89. The molecule has 20 heavy (non-hydrogen) atoms. The van der Waals surface area contributed by atoms with Crippen LogP contribution in [0.15, 0.2) is 12.5 Å². The average molecular weight is 280 g/mol. The summed E-state index contributed by atoms with van der Waals surface area (Å²) in [6, 6.07) is -0.230. The maximum Gasteiger partial charge on any atom is 0.242 e. The van der Waals surface area contributed by atoms with E-state index in [1.807, 2.05) is 17.7 Å². The van der Waals surface area contributed by atoms with Gasteiger partial charge in [-0.3, -0.25) is 4.79 Å². The molecule has 0 aliphatic carbocycles. The lowest BCUT2D eigenvalue weighted by Gasteiger charge is -2.18. The Bertz CT molecular complexity index is 412. The number of nitrogens with one attached hydrogen (secondary N) is 2. The zero-order valence-electron chi connectivity index (χ0n) is 13.3. The van der Waals surface area contributed by atoms with Gasteiger partial charge in [0.1, 0.15) is 6.04 Å². The van der Waals surface area contributed by atoms with E-state index in [0.29, 0.717) is 18.4 Å². The van der Waals surface area contributed by atoms with E-state index in [9.17, 15) is 4.79 Å². The predicted molar refractivity (Wildman–Crippen MR) is 81.3 cm³/mol. The summed E-state index contributed by atoms with van der Waals surface area (Å²) in [6.07, 6.45) is 3.55. The molecule has 0 bridgehead atoms. The van der Waals surface area contributed by atoms with E-state index in [4.69, 9.17) is 0 Å². The van der Waals surface area contributed by atoms with Gasteiger partial charge in [-0.1, -0.05) is 27.7 Å². The van der Waals surface area contributed by atoms with Crippen molar-refractivity contribution in [3.63, 3.8) is 0 Å². The van der Waals surface area contributed by atoms with E-state index in [1.54, 1.807) is 6.33 Å². The minimum Gasteiger partial charge on any atom is -0.354 e. The van der Waals surface area contributed by atoms with Crippen molar-refractivity contribution in [2.24, 2.45) is 11.8 Å². The zero-order valence-corrected chi connectivity index (χ0v) is 13.3. The molecule has 0 saturated carbocycles. The number of hydrogen-bond donors (Lipinski definition) is 2. The summed E-state index contributed by atoms with van der Waals surface area (Å²) in [5, 5.41) is 6.34. The quantitative estimate of drug-likeness (QED) is 0.765. The van der Waals surface area contributed by atoms with Crippen LogP contribution in [-0.2, 0) is 11.3 Å². The van der Waals surface area contributed by atoms with Crippen LogP contribution >= 0.6 is 0 Å². The van der Waals surface area contributed by atoms with Crippen molar-refractivity contribution in [1.82, 2.24) is 20.2 Å². The van der Waals surface area contributed by atoms with Gasteiger partial charge in [0.15, 0.2) is 0 Å². The monoisotopic (exact) mass is 280 g/mol. The van der Waals surface area contributed by atoms with E-state index >= 15 is 0 Å². The summed E-state index contributed by atoms with van der Waals surface area (Å²) in [4.78, 5) is 16.3. The first-order valence-electron chi connectivity index (χ1n) is 7.41. The lowest BCUT2D eigenvalue weighted by molar-refractivity contribution is -0.124. The number of rotatable bonds is 8. The van der Waals surface area contributed by atoms with Crippen LogP contribution in [0.3, 0.4) is 0 Å². The van der Waals surface area contributed by atoms with Crippen molar-refractivity contribution in [3.8, 4) is 0 Å². The summed E-state index contributed by atoms with van der Waals surface area (Å²) < 4.78 is 1.93. The zero-order chi connectivity index (χ0) is 15.1. The second-order valence-electron chi connectivity index (χ2n) is 6.13. The van der Waals surface area contributed by atoms with Crippen LogP contribution in [0, 0.1) is 11.8 Å². The molecule has 0 aliphatic heterocycles. The minimum atomic E-state index is -0.230. The first kappa shape index (κ1) is 16.7. The van der Waals surface area contributed by atoms with Crippen molar-refractivity contribution < 1.29 is 4.79 Å². The number of hydrogen-bond acceptors (Lipinski definition) is 3. The maximum atomic E-state index is 12.1. The van der Waals surface area contributed by atoms with E-state index in [0.717, 1.165) is 18.8 Å². The van der Waals surface area contributed by atoms with Gasteiger partial charge in [0.05, 0.1) is 12.0 Å². The first-order valence-corrected chi connectivity index (χ1v) is 7.41. The van der Waals surface area contributed by atoms with Gasteiger partial charge in [-0.25, -0.2) is 4.98 Å². The summed E-state index contributed by atoms with van der Waals surface area (Å²) in [7, 11) is 0. The molecule has 1 atom stereocenters. The highest BCUT2D eigenvalue weighted by Crippen LogP contribution is 2.10. The molecule has 5 heteroatoms. The highest BCUT2D eigenvalue weighted by Gasteiger charge is 2.17. The Labute approximate surface area is 122 Å².